The lowest BCUT2D eigenvalue weighted by atomic mass is 10.1. The van der Waals surface area contributed by atoms with Gasteiger partial charge in [-0.05, 0) is 73.7 Å². The number of hydrogen-bond acceptors (Lipinski definition) is 6. The van der Waals surface area contributed by atoms with Gasteiger partial charge in [0.1, 0.15) is 23.0 Å². The molecule has 0 heterocycles. The Morgan fingerprint density at radius 2 is 1.66 bits per heavy atom. The zero-order valence-electron chi connectivity index (χ0n) is 24.0. The summed E-state index contributed by atoms with van der Waals surface area (Å²) in [5.74, 6) is -0.968. The molecule has 226 valence electrons. The lowest BCUT2D eigenvalue weighted by Crippen LogP contribution is -2.30. The van der Waals surface area contributed by atoms with E-state index in [0.29, 0.717) is 37.7 Å². The molecule has 0 aliphatic carbocycles. The number of carbonyl (C=O) groups is 3. The summed E-state index contributed by atoms with van der Waals surface area (Å²) in [5, 5.41) is 7.55. The third-order valence-corrected chi connectivity index (χ3v) is 7.82. The largest absolute Gasteiger partial charge is 0.497 e. The van der Waals surface area contributed by atoms with Crippen molar-refractivity contribution in [3.63, 3.8) is 0 Å². The first-order chi connectivity index (χ1) is 21.2. The zero-order chi connectivity index (χ0) is 31.6. The summed E-state index contributed by atoms with van der Waals surface area (Å²) in [4.78, 5) is 40.0. The quantitative estimate of drug-likeness (QED) is 0.115. The molecule has 4 aromatic carbocycles. The molecule has 8 nitrogen and oxygen atoms in total. The van der Waals surface area contributed by atoms with Crippen molar-refractivity contribution >= 4 is 62.9 Å². The first kappa shape index (κ1) is 32.3. The van der Waals surface area contributed by atoms with E-state index in [1.165, 1.54) is 44.2 Å². The van der Waals surface area contributed by atoms with Gasteiger partial charge in [-0.15, -0.1) is 11.8 Å². The molecule has 1 unspecified atom stereocenters. The van der Waals surface area contributed by atoms with Crippen molar-refractivity contribution in [2.24, 2.45) is 0 Å². The van der Waals surface area contributed by atoms with Crippen LogP contribution in [0.4, 0.5) is 15.8 Å². The number of benzene rings is 4. The van der Waals surface area contributed by atoms with Crippen molar-refractivity contribution in [3.05, 3.63) is 118 Å². The fourth-order valence-electron chi connectivity index (χ4n) is 3.96. The molecular weight excluding hydrogens is 649 g/mol. The van der Waals surface area contributed by atoms with E-state index in [4.69, 9.17) is 9.47 Å². The normalized spacial score (nSPS) is 11.7. The van der Waals surface area contributed by atoms with Crippen molar-refractivity contribution < 1.29 is 28.2 Å². The monoisotopic (exact) mass is 677 g/mol. The van der Waals surface area contributed by atoms with E-state index in [-0.39, 0.29) is 17.3 Å². The molecule has 0 bridgehead atoms. The van der Waals surface area contributed by atoms with Gasteiger partial charge >= 0.3 is 0 Å². The van der Waals surface area contributed by atoms with E-state index < -0.39 is 22.9 Å². The average molecular weight is 679 g/mol. The molecule has 3 N–H and O–H groups in total. The lowest BCUT2D eigenvalue weighted by molar-refractivity contribution is -0.115. The van der Waals surface area contributed by atoms with Gasteiger partial charge in [-0.25, -0.2) is 4.39 Å². The molecule has 0 fully saturated rings. The van der Waals surface area contributed by atoms with E-state index in [1.807, 2.05) is 0 Å². The predicted octanol–water partition coefficient (Wildman–Crippen LogP) is 7.13. The molecule has 0 aliphatic heterocycles. The van der Waals surface area contributed by atoms with Gasteiger partial charge in [-0.2, -0.15) is 0 Å². The number of nitrogens with one attached hydrogen (secondary N) is 3. The Labute approximate surface area is 267 Å². The van der Waals surface area contributed by atoms with Crippen LogP contribution in [0.1, 0.15) is 22.8 Å². The highest BCUT2D eigenvalue weighted by molar-refractivity contribution is 9.10. The van der Waals surface area contributed by atoms with Crippen LogP contribution < -0.4 is 25.4 Å². The second-order valence-electron chi connectivity index (χ2n) is 9.34. The molecule has 0 saturated heterocycles. The van der Waals surface area contributed by atoms with Crippen LogP contribution in [-0.4, -0.2) is 37.2 Å². The Kier molecular flexibility index (Phi) is 11.2. The van der Waals surface area contributed by atoms with Crippen molar-refractivity contribution in [1.82, 2.24) is 5.32 Å². The molecular formula is C33H29BrFN3O5S. The fraction of sp³-hybridized carbons (Fsp3) is 0.121. The number of methoxy groups -OCH3 is 2. The van der Waals surface area contributed by atoms with Gasteiger partial charge < -0.3 is 25.4 Å². The molecule has 11 heteroatoms. The van der Waals surface area contributed by atoms with Crippen molar-refractivity contribution in [1.29, 1.82) is 0 Å². The predicted molar refractivity (Wildman–Crippen MR) is 175 cm³/mol. The van der Waals surface area contributed by atoms with Crippen molar-refractivity contribution in [2.45, 2.75) is 17.1 Å². The minimum Gasteiger partial charge on any atom is -0.497 e. The number of carbonyl (C=O) groups excluding carboxylic acids is 3. The summed E-state index contributed by atoms with van der Waals surface area (Å²) >= 11 is 4.44. The Morgan fingerprint density at radius 3 is 2.36 bits per heavy atom. The molecule has 4 aromatic rings. The van der Waals surface area contributed by atoms with Crippen LogP contribution in [0.5, 0.6) is 11.5 Å². The zero-order valence-corrected chi connectivity index (χ0v) is 26.4. The SMILES string of the molecule is COc1ccc(/C=C(/NC(=O)c2ccccc2)C(=O)Nc2cccc(SC(C)C(=O)Nc3ccc(Br)cc3F)c2)c(OC)c1. The summed E-state index contributed by atoms with van der Waals surface area (Å²) in [6, 6.07) is 24.9. The van der Waals surface area contributed by atoms with Crippen LogP contribution in [0.3, 0.4) is 0 Å². The van der Waals surface area contributed by atoms with E-state index in [2.05, 4.69) is 31.9 Å². The molecule has 4 rings (SSSR count). The van der Waals surface area contributed by atoms with Gasteiger partial charge in [0.2, 0.25) is 5.91 Å². The van der Waals surface area contributed by atoms with Crippen LogP contribution in [0, 0.1) is 5.82 Å². The van der Waals surface area contributed by atoms with Crippen molar-refractivity contribution in [3.8, 4) is 11.5 Å². The topological polar surface area (TPSA) is 106 Å². The van der Waals surface area contributed by atoms with Gasteiger partial charge in [0.05, 0.1) is 25.2 Å². The Morgan fingerprint density at radius 1 is 0.886 bits per heavy atom. The maximum absolute atomic E-state index is 14.2. The number of hydrogen-bond donors (Lipinski definition) is 3. The number of halogens is 2. The minimum atomic E-state index is -0.578. The summed E-state index contributed by atoms with van der Waals surface area (Å²) < 4.78 is 25.5. The molecule has 3 amide bonds. The molecule has 0 radical (unpaired) electrons. The van der Waals surface area contributed by atoms with Gasteiger partial charge in [-0.3, -0.25) is 14.4 Å². The van der Waals surface area contributed by atoms with Gasteiger partial charge in [0.25, 0.3) is 11.8 Å². The van der Waals surface area contributed by atoms with Crippen molar-refractivity contribution in [2.75, 3.05) is 24.9 Å². The second kappa shape index (κ2) is 15.2. The van der Waals surface area contributed by atoms with E-state index in [0.717, 1.165) is 0 Å². The fourth-order valence-corrected chi connectivity index (χ4v) is 5.22. The Balaban J connectivity index is 1.53. The first-order valence-corrected chi connectivity index (χ1v) is 15.0. The molecule has 1 atom stereocenters. The molecule has 0 aliphatic rings. The highest BCUT2D eigenvalue weighted by atomic mass is 79.9. The third-order valence-electron chi connectivity index (χ3n) is 6.23. The molecule has 0 aromatic heterocycles. The molecule has 44 heavy (non-hydrogen) atoms. The van der Waals surface area contributed by atoms with Gasteiger partial charge in [-0.1, -0.05) is 40.2 Å². The van der Waals surface area contributed by atoms with Crippen LogP contribution in [0.15, 0.2) is 106 Å². The summed E-state index contributed by atoms with van der Waals surface area (Å²) in [6.07, 6.45) is 1.51. The van der Waals surface area contributed by atoms with E-state index >= 15 is 0 Å². The first-order valence-electron chi connectivity index (χ1n) is 13.3. The minimum absolute atomic E-state index is 0.0235. The highest BCUT2D eigenvalue weighted by Gasteiger charge is 2.19. The number of ether oxygens (including phenoxy) is 2. The number of anilines is 2. The summed E-state index contributed by atoms with van der Waals surface area (Å²) in [5.41, 5.74) is 1.41. The Hall–Kier alpha value is -4.61. The average Bonchev–Trinajstić information content (AvgIpc) is 3.02. The van der Waals surface area contributed by atoms with Gasteiger partial charge in [0.15, 0.2) is 0 Å². The summed E-state index contributed by atoms with van der Waals surface area (Å²) in [6.45, 7) is 1.70. The maximum Gasteiger partial charge on any atom is 0.272 e. The number of rotatable bonds is 11. The molecule has 0 saturated carbocycles. The van der Waals surface area contributed by atoms with Crippen LogP contribution in [0.25, 0.3) is 6.08 Å². The van der Waals surface area contributed by atoms with Crippen LogP contribution in [0.2, 0.25) is 0 Å². The standard InChI is InChI=1S/C33H29BrFN3O5S/c1-20(31(39)37-28-15-13-23(34)17-27(28)35)44-26-11-7-10-24(18-26)36-33(41)29(38-32(40)21-8-5-4-6-9-21)16-22-12-14-25(42-2)19-30(22)43-3/h4-20H,1-3H3,(H,36,41)(H,37,39)(H,38,40)/b29-16+. The highest BCUT2D eigenvalue weighted by Crippen LogP contribution is 2.29. The van der Waals surface area contributed by atoms with E-state index in [1.54, 1.807) is 85.8 Å². The Bertz CT molecular complexity index is 1700. The lowest BCUT2D eigenvalue weighted by Gasteiger charge is -2.15. The van der Waals surface area contributed by atoms with Crippen LogP contribution >= 0.6 is 27.7 Å². The van der Waals surface area contributed by atoms with Gasteiger partial charge in [0, 0.05) is 32.2 Å². The van der Waals surface area contributed by atoms with Crippen LogP contribution in [-0.2, 0) is 9.59 Å². The number of thioether (sulfide) groups is 1. The molecule has 0 spiro atoms. The number of amides is 3. The summed E-state index contributed by atoms with van der Waals surface area (Å²) in [7, 11) is 3.03. The third kappa shape index (κ3) is 8.71. The van der Waals surface area contributed by atoms with E-state index in [9.17, 15) is 18.8 Å². The maximum atomic E-state index is 14.2. The second-order valence-corrected chi connectivity index (χ2v) is 11.7. The smallest absolute Gasteiger partial charge is 0.272 e.